The molecule has 0 aliphatic carbocycles. The average Bonchev–Trinajstić information content (AvgIpc) is 2.29. The van der Waals surface area contributed by atoms with Gasteiger partial charge in [0.1, 0.15) is 0 Å². The third kappa shape index (κ3) is 5.01. The van der Waals surface area contributed by atoms with E-state index in [1.54, 1.807) is 24.3 Å². The summed E-state index contributed by atoms with van der Waals surface area (Å²) < 4.78 is 37.5. The first-order chi connectivity index (χ1) is 8.74. The Morgan fingerprint density at radius 3 is 2.21 bits per heavy atom. The van der Waals surface area contributed by atoms with Gasteiger partial charge in [-0.05, 0) is 31.2 Å². The van der Waals surface area contributed by atoms with Gasteiger partial charge in [-0.1, -0.05) is 30.7 Å². The number of alkyl halides is 3. The first-order valence-electron chi connectivity index (χ1n) is 6.02. The SMILES string of the molecule is CCC(N)C(c1ccc(Cl)cc1)N(C)CC(F)(F)F. The Labute approximate surface area is 116 Å². The van der Waals surface area contributed by atoms with Crippen LogP contribution in [0.5, 0.6) is 0 Å². The van der Waals surface area contributed by atoms with E-state index in [1.165, 1.54) is 11.9 Å². The van der Waals surface area contributed by atoms with Crippen molar-refractivity contribution < 1.29 is 13.2 Å². The van der Waals surface area contributed by atoms with E-state index in [-0.39, 0.29) is 6.04 Å². The molecule has 0 saturated heterocycles. The van der Waals surface area contributed by atoms with Crippen LogP contribution in [0.4, 0.5) is 13.2 Å². The zero-order valence-electron chi connectivity index (χ0n) is 10.9. The summed E-state index contributed by atoms with van der Waals surface area (Å²) in [6, 6.07) is 5.91. The fraction of sp³-hybridized carbons (Fsp3) is 0.538. The zero-order valence-corrected chi connectivity index (χ0v) is 11.7. The first kappa shape index (κ1) is 16.3. The molecule has 0 aliphatic rings. The van der Waals surface area contributed by atoms with E-state index in [2.05, 4.69) is 0 Å². The molecule has 0 aliphatic heterocycles. The van der Waals surface area contributed by atoms with Crippen molar-refractivity contribution in [3.63, 3.8) is 0 Å². The second-order valence-electron chi connectivity index (χ2n) is 4.60. The molecule has 0 amide bonds. The molecule has 19 heavy (non-hydrogen) atoms. The minimum absolute atomic E-state index is 0.367. The molecule has 2 N–H and O–H groups in total. The minimum Gasteiger partial charge on any atom is -0.326 e. The van der Waals surface area contributed by atoms with E-state index in [0.29, 0.717) is 11.4 Å². The lowest BCUT2D eigenvalue weighted by atomic mass is 9.96. The van der Waals surface area contributed by atoms with E-state index >= 15 is 0 Å². The average molecular weight is 295 g/mol. The highest BCUT2D eigenvalue weighted by molar-refractivity contribution is 6.30. The second-order valence-corrected chi connectivity index (χ2v) is 5.04. The topological polar surface area (TPSA) is 29.3 Å². The number of rotatable bonds is 5. The third-order valence-corrected chi connectivity index (χ3v) is 3.24. The van der Waals surface area contributed by atoms with Gasteiger partial charge in [-0.25, -0.2) is 0 Å². The fourth-order valence-corrected chi connectivity index (χ4v) is 2.22. The van der Waals surface area contributed by atoms with E-state index in [1.807, 2.05) is 6.92 Å². The zero-order chi connectivity index (χ0) is 14.6. The third-order valence-electron chi connectivity index (χ3n) is 2.99. The van der Waals surface area contributed by atoms with Crippen LogP contribution in [0.3, 0.4) is 0 Å². The number of halogens is 4. The van der Waals surface area contributed by atoms with Gasteiger partial charge < -0.3 is 5.73 Å². The first-order valence-corrected chi connectivity index (χ1v) is 6.40. The van der Waals surface area contributed by atoms with Crippen LogP contribution in [0.15, 0.2) is 24.3 Å². The molecule has 0 heterocycles. The molecule has 6 heteroatoms. The summed E-state index contributed by atoms with van der Waals surface area (Å²) in [7, 11) is 1.43. The van der Waals surface area contributed by atoms with Crippen LogP contribution in [0.2, 0.25) is 5.02 Å². The molecule has 0 bridgehead atoms. The predicted molar refractivity (Wildman–Crippen MR) is 71.1 cm³/mol. The van der Waals surface area contributed by atoms with Crippen LogP contribution in [-0.4, -0.2) is 30.7 Å². The van der Waals surface area contributed by atoms with Crippen molar-refractivity contribution in [1.82, 2.24) is 4.90 Å². The standard InChI is InChI=1S/C13H18ClF3N2/c1-3-11(18)12(19(2)8-13(15,16)17)9-4-6-10(14)7-5-9/h4-7,11-12H,3,8,18H2,1-2H3. The number of hydrogen-bond acceptors (Lipinski definition) is 2. The van der Waals surface area contributed by atoms with Crippen molar-refractivity contribution in [2.75, 3.05) is 13.6 Å². The van der Waals surface area contributed by atoms with Crippen LogP contribution >= 0.6 is 11.6 Å². The summed E-state index contributed by atoms with van der Waals surface area (Å²) in [5, 5.41) is 0.547. The van der Waals surface area contributed by atoms with Gasteiger partial charge >= 0.3 is 6.18 Å². The van der Waals surface area contributed by atoms with Crippen molar-refractivity contribution in [2.45, 2.75) is 31.6 Å². The monoisotopic (exact) mass is 294 g/mol. The van der Waals surface area contributed by atoms with Crippen molar-refractivity contribution in [2.24, 2.45) is 5.73 Å². The number of benzene rings is 1. The molecule has 0 fully saturated rings. The smallest absolute Gasteiger partial charge is 0.326 e. The molecule has 1 aromatic rings. The summed E-state index contributed by atoms with van der Waals surface area (Å²) in [5.74, 6) is 0. The Balaban J connectivity index is 2.98. The summed E-state index contributed by atoms with van der Waals surface area (Å²) in [5.41, 5.74) is 6.71. The molecule has 0 saturated carbocycles. The summed E-state index contributed by atoms with van der Waals surface area (Å²) >= 11 is 5.79. The quantitative estimate of drug-likeness (QED) is 0.899. The summed E-state index contributed by atoms with van der Waals surface area (Å²) in [6.45, 7) is 0.864. The highest BCUT2D eigenvalue weighted by Gasteiger charge is 2.34. The van der Waals surface area contributed by atoms with Crippen LogP contribution in [0.1, 0.15) is 24.9 Å². The Bertz CT molecular complexity index is 392. The van der Waals surface area contributed by atoms with Crippen molar-refractivity contribution in [1.29, 1.82) is 0 Å². The van der Waals surface area contributed by atoms with E-state index in [9.17, 15) is 13.2 Å². The second kappa shape index (κ2) is 6.59. The molecule has 2 nitrogen and oxygen atoms in total. The van der Waals surface area contributed by atoms with Gasteiger partial charge in [-0.15, -0.1) is 0 Å². The van der Waals surface area contributed by atoms with Crippen molar-refractivity contribution >= 4 is 11.6 Å². The Morgan fingerprint density at radius 1 is 1.26 bits per heavy atom. The Morgan fingerprint density at radius 2 is 1.79 bits per heavy atom. The summed E-state index contributed by atoms with van der Waals surface area (Å²) in [4.78, 5) is 1.23. The minimum atomic E-state index is -4.24. The Kier molecular flexibility index (Phi) is 5.64. The van der Waals surface area contributed by atoms with Gasteiger partial charge in [0.25, 0.3) is 0 Å². The van der Waals surface area contributed by atoms with Gasteiger partial charge in [-0.2, -0.15) is 13.2 Å². The van der Waals surface area contributed by atoms with E-state index < -0.39 is 18.8 Å². The molecule has 1 aromatic carbocycles. The highest BCUT2D eigenvalue weighted by atomic mass is 35.5. The fourth-order valence-electron chi connectivity index (χ4n) is 2.09. The van der Waals surface area contributed by atoms with Crippen LogP contribution in [-0.2, 0) is 0 Å². The highest BCUT2D eigenvalue weighted by Crippen LogP contribution is 2.28. The van der Waals surface area contributed by atoms with Gasteiger partial charge in [0, 0.05) is 17.1 Å². The lowest BCUT2D eigenvalue weighted by Gasteiger charge is -2.33. The molecule has 0 radical (unpaired) electrons. The maximum Gasteiger partial charge on any atom is 0.401 e. The number of hydrogen-bond donors (Lipinski definition) is 1. The number of nitrogens with zero attached hydrogens (tertiary/aromatic N) is 1. The lowest BCUT2D eigenvalue weighted by Crippen LogP contribution is -2.42. The van der Waals surface area contributed by atoms with Crippen molar-refractivity contribution in [3.8, 4) is 0 Å². The molecule has 1 rings (SSSR count). The van der Waals surface area contributed by atoms with E-state index in [4.69, 9.17) is 17.3 Å². The van der Waals surface area contributed by atoms with Gasteiger partial charge in [-0.3, -0.25) is 4.90 Å². The molecule has 0 aromatic heterocycles. The normalized spacial score (nSPS) is 15.6. The molecular formula is C13H18ClF3N2. The maximum atomic E-state index is 12.5. The molecular weight excluding hydrogens is 277 g/mol. The summed E-state index contributed by atoms with van der Waals surface area (Å²) in [6.07, 6.45) is -3.65. The van der Waals surface area contributed by atoms with Gasteiger partial charge in [0.2, 0.25) is 0 Å². The molecule has 2 atom stereocenters. The predicted octanol–water partition coefficient (Wildman–Crippen LogP) is 3.61. The maximum absolute atomic E-state index is 12.5. The molecule has 0 spiro atoms. The van der Waals surface area contributed by atoms with Gasteiger partial charge in [0.05, 0.1) is 6.54 Å². The van der Waals surface area contributed by atoms with Crippen LogP contribution in [0, 0.1) is 0 Å². The molecule has 2 unspecified atom stereocenters. The number of likely N-dealkylation sites (N-methyl/N-ethyl adjacent to an activating group) is 1. The lowest BCUT2D eigenvalue weighted by molar-refractivity contribution is -0.148. The van der Waals surface area contributed by atoms with Gasteiger partial charge in [0.15, 0.2) is 0 Å². The Hall–Kier alpha value is -0.780. The largest absolute Gasteiger partial charge is 0.401 e. The molecule has 108 valence electrons. The van der Waals surface area contributed by atoms with Crippen LogP contribution in [0.25, 0.3) is 0 Å². The van der Waals surface area contributed by atoms with Crippen LogP contribution < -0.4 is 5.73 Å². The number of nitrogens with two attached hydrogens (primary N) is 1. The van der Waals surface area contributed by atoms with Crippen molar-refractivity contribution in [3.05, 3.63) is 34.9 Å². The van der Waals surface area contributed by atoms with E-state index in [0.717, 1.165) is 5.56 Å².